The van der Waals surface area contributed by atoms with Crippen LogP contribution in [0.4, 0.5) is 14.9 Å². The van der Waals surface area contributed by atoms with Crippen LogP contribution in [0.5, 0.6) is 0 Å². The average molecular weight is 502 g/mol. The van der Waals surface area contributed by atoms with E-state index < -0.39 is 9.84 Å². The number of hydrogen-bond donors (Lipinski definition) is 2. The Morgan fingerprint density at radius 3 is 2.43 bits per heavy atom. The van der Waals surface area contributed by atoms with Crippen LogP contribution in [-0.4, -0.2) is 51.3 Å². The first-order valence-corrected chi connectivity index (χ1v) is 14.5. The van der Waals surface area contributed by atoms with Crippen LogP contribution >= 0.6 is 0 Å². The molecule has 1 heterocycles. The van der Waals surface area contributed by atoms with Crippen LogP contribution in [-0.2, 0) is 16.3 Å². The number of nitrogens with one attached hydrogen (secondary N) is 2. The van der Waals surface area contributed by atoms with E-state index in [2.05, 4.69) is 15.5 Å². The Bertz CT molecular complexity index is 1090. The average Bonchev–Trinajstić information content (AvgIpc) is 2.82. The summed E-state index contributed by atoms with van der Waals surface area (Å²) in [4.78, 5) is 15.5. The number of urea groups is 1. The van der Waals surface area contributed by atoms with E-state index in [1.165, 1.54) is 43.2 Å². The number of nitrogens with zero attached hydrogens (tertiary/aromatic N) is 1. The third kappa shape index (κ3) is 7.51. The largest absolute Gasteiger partial charge is 0.335 e. The highest BCUT2D eigenvalue weighted by molar-refractivity contribution is 7.90. The molecular formula is C27H36FN3O3S. The Kier molecular flexibility index (Phi) is 8.44. The molecule has 2 fully saturated rings. The smallest absolute Gasteiger partial charge is 0.319 e. The number of piperidine rings is 1. The molecule has 0 spiro atoms. The van der Waals surface area contributed by atoms with Gasteiger partial charge in [0.25, 0.3) is 0 Å². The summed E-state index contributed by atoms with van der Waals surface area (Å²) in [7, 11) is -3.26. The van der Waals surface area contributed by atoms with Crippen LogP contribution in [0.25, 0.3) is 0 Å². The van der Waals surface area contributed by atoms with Gasteiger partial charge in [0.1, 0.15) is 5.82 Å². The normalized spacial score (nSPS) is 23.5. The van der Waals surface area contributed by atoms with Crippen molar-refractivity contribution in [2.24, 2.45) is 11.8 Å². The van der Waals surface area contributed by atoms with Crippen LogP contribution in [0.1, 0.15) is 44.1 Å². The molecule has 2 aromatic rings. The summed E-state index contributed by atoms with van der Waals surface area (Å²) >= 11 is 0. The van der Waals surface area contributed by atoms with Gasteiger partial charge >= 0.3 is 6.03 Å². The second-order valence-electron chi connectivity index (χ2n) is 10.1. The van der Waals surface area contributed by atoms with Crippen LogP contribution < -0.4 is 10.6 Å². The number of carbonyl (C=O) groups excluding carboxylic acids is 1. The van der Waals surface area contributed by atoms with Gasteiger partial charge < -0.3 is 15.5 Å². The van der Waals surface area contributed by atoms with Crippen molar-refractivity contribution in [3.05, 3.63) is 59.9 Å². The first-order chi connectivity index (χ1) is 16.8. The molecule has 190 valence electrons. The van der Waals surface area contributed by atoms with Crippen molar-refractivity contribution < 1.29 is 17.6 Å². The minimum absolute atomic E-state index is 0.122. The molecule has 2 aromatic carbocycles. The van der Waals surface area contributed by atoms with E-state index in [4.69, 9.17) is 0 Å². The molecule has 0 unspecified atom stereocenters. The minimum atomic E-state index is -3.26. The molecule has 2 amide bonds. The van der Waals surface area contributed by atoms with Crippen molar-refractivity contribution in [1.82, 2.24) is 10.2 Å². The number of sulfone groups is 1. The van der Waals surface area contributed by atoms with Gasteiger partial charge in [-0.25, -0.2) is 17.6 Å². The quantitative estimate of drug-likeness (QED) is 0.568. The Labute approximate surface area is 208 Å². The van der Waals surface area contributed by atoms with Crippen molar-refractivity contribution in [2.75, 3.05) is 31.2 Å². The number of likely N-dealkylation sites (tertiary alicyclic amines) is 1. The molecule has 0 aromatic heterocycles. The molecule has 2 aliphatic rings. The van der Waals surface area contributed by atoms with E-state index in [1.54, 1.807) is 24.3 Å². The molecule has 1 aliphatic carbocycles. The van der Waals surface area contributed by atoms with Gasteiger partial charge in [-0.15, -0.1) is 0 Å². The standard InChI is InChI=1S/C27H36FN3O3S/c1-35(33,34)25-14-12-24(13-15-25)29-27(32)30-26-7-3-2-6-22(26)19-31-16-4-5-21(18-31)17-20-8-10-23(28)11-9-20/h8-15,21-22,26H,2-7,16-19H2,1H3,(H2,29,30,32)/t21-,22-,26+/m0/s1. The maximum Gasteiger partial charge on any atom is 0.319 e. The molecule has 0 bridgehead atoms. The fourth-order valence-corrected chi connectivity index (χ4v) is 6.14. The van der Waals surface area contributed by atoms with Crippen molar-refractivity contribution in [2.45, 2.75) is 55.9 Å². The molecule has 2 N–H and O–H groups in total. The summed E-state index contributed by atoms with van der Waals surface area (Å²) in [6.07, 6.45) is 8.87. The number of anilines is 1. The van der Waals surface area contributed by atoms with Crippen molar-refractivity contribution in [3.63, 3.8) is 0 Å². The lowest BCUT2D eigenvalue weighted by Gasteiger charge is -2.39. The first kappa shape index (κ1) is 25.6. The highest BCUT2D eigenvalue weighted by Crippen LogP contribution is 2.28. The van der Waals surface area contributed by atoms with Gasteiger partial charge in [-0.3, -0.25) is 0 Å². The Morgan fingerprint density at radius 1 is 1.00 bits per heavy atom. The number of amides is 2. The lowest BCUT2D eigenvalue weighted by Crippen LogP contribution is -2.49. The first-order valence-electron chi connectivity index (χ1n) is 12.6. The maximum atomic E-state index is 13.2. The van der Waals surface area contributed by atoms with E-state index in [0.717, 1.165) is 45.3 Å². The zero-order chi connectivity index (χ0) is 24.8. The maximum absolute atomic E-state index is 13.2. The molecule has 6 nitrogen and oxygen atoms in total. The van der Waals surface area contributed by atoms with E-state index in [0.29, 0.717) is 17.5 Å². The number of hydrogen-bond acceptors (Lipinski definition) is 4. The Balaban J connectivity index is 1.30. The van der Waals surface area contributed by atoms with E-state index in [-0.39, 0.29) is 22.8 Å². The molecule has 3 atom stereocenters. The van der Waals surface area contributed by atoms with Crippen molar-refractivity contribution in [1.29, 1.82) is 0 Å². The second kappa shape index (κ2) is 11.5. The van der Waals surface area contributed by atoms with Crippen molar-refractivity contribution in [3.8, 4) is 0 Å². The second-order valence-corrected chi connectivity index (χ2v) is 12.2. The SMILES string of the molecule is CS(=O)(=O)c1ccc(NC(=O)N[C@@H]2CCCC[C@H]2CN2CCC[C@@H](Cc3ccc(F)cc3)C2)cc1. The molecule has 0 radical (unpaired) electrons. The Morgan fingerprint density at radius 2 is 1.71 bits per heavy atom. The van der Waals surface area contributed by atoms with Gasteiger partial charge in [-0.05, 0) is 92.4 Å². The lowest BCUT2D eigenvalue weighted by molar-refractivity contribution is 0.123. The Hall–Kier alpha value is -2.45. The fourth-order valence-electron chi connectivity index (χ4n) is 5.51. The van der Waals surface area contributed by atoms with Crippen LogP contribution in [0.3, 0.4) is 0 Å². The summed E-state index contributed by atoms with van der Waals surface area (Å²) in [6.45, 7) is 3.11. The zero-order valence-corrected chi connectivity index (χ0v) is 21.2. The predicted octanol–water partition coefficient (Wildman–Crippen LogP) is 4.86. The highest BCUT2D eigenvalue weighted by atomic mass is 32.2. The summed E-state index contributed by atoms with van der Waals surface area (Å²) < 4.78 is 36.5. The van der Waals surface area contributed by atoms with Crippen LogP contribution in [0.15, 0.2) is 53.4 Å². The van der Waals surface area contributed by atoms with Crippen LogP contribution in [0, 0.1) is 17.7 Å². The highest BCUT2D eigenvalue weighted by Gasteiger charge is 2.30. The number of benzene rings is 2. The molecule has 1 aliphatic heterocycles. The van der Waals surface area contributed by atoms with E-state index in [9.17, 15) is 17.6 Å². The summed E-state index contributed by atoms with van der Waals surface area (Å²) in [5, 5.41) is 6.02. The summed E-state index contributed by atoms with van der Waals surface area (Å²) in [5.41, 5.74) is 1.76. The number of carbonyl (C=O) groups is 1. The lowest BCUT2D eigenvalue weighted by atomic mass is 9.83. The molecule has 4 rings (SSSR count). The summed E-state index contributed by atoms with van der Waals surface area (Å²) in [6, 6.07) is 13.0. The van der Waals surface area contributed by atoms with Gasteiger partial charge in [0.15, 0.2) is 9.84 Å². The molecule has 8 heteroatoms. The number of halogens is 1. The molecule has 35 heavy (non-hydrogen) atoms. The third-order valence-corrected chi connectivity index (χ3v) is 8.43. The van der Waals surface area contributed by atoms with Gasteiger partial charge in [0, 0.05) is 31.1 Å². The van der Waals surface area contributed by atoms with E-state index in [1.807, 2.05) is 12.1 Å². The predicted molar refractivity (Wildman–Crippen MR) is 137 cm³/mol. The zero-order valence-electron chi connectivity index (χ0n) is 20.4. The van der Waals surface area contributed by atoms with Gasteiger partial charge in [0.05, 0.1) is 4.90 Å². The molecule has 1 saturated heterocycles. The number of rotatable bonds is 7. The van der Waals surface area contributed by atoms with E-state index >= 15 is 0 Å². The van der Waals surface area contributed by atoms with Gasteiger partial charge in [-0.1, -0.05) is 25.0 Å². The van der Waals surface area contributed by atoms with Gasteiger partial charge in [0.2, 0.25) is 0 Å². The van der Waals surface area contributed by atoms with Crippen molar-refractivity contribution >= 4 is 21.6 Å². The third-order valence-electron chi connectivity index (χ3n) is 7.30. The monoisotopic (exact) mass is 501 g/mol. The van der Waals surface area contributed by atoms with Crippen LogP contribution in [0.2, 0.25) is 0 Å². The topological polar surface area (TPSA) is 78.5 Å². The van der Waals surface area contributed by atoms with Gasteiger partial charge in [-0.2, -0.15) is 0 Å². The fraction of sp³-hybridized carbons (Fsp3) is 0.519. The summed E-state index contributed by atoms with van der Waals surface area (Å²) in [5.74, 6) is 0.791. The molecular weight excluding hydrogens is 465 g/mol. The minimum Gasteiger partial charge on any atom is -0.335 e. The molecule has 1 saturated carbocycles.